The van der Waals surface area contributed by atoms with Crippen molar-refractivity contribution in [3.8, 4) is 0 Å². The van der Waals surface area contributed by atoms with E-state index in [9.17, 15) is 4.79 Å². The van der Waals surface area contributed by atoms with Crippen molar-refractivity contribution >= 4 is 5.91 Å². The highest BCUT2D eigenvalue weighted by Crippen LogP contribution is 2.30. The van der Waals surface area contributed by atoms with Gasteiger partial charge in [0.2, 0.25) is 5.91 Å². The number of carbonyl (C=O) groups excluding carboxylic acids is 1. The van der Waals surface area contributed by atoms with Crippen LogP contribution in [0.2, 0.25) is 0 Å². The summed E-state index contributed by atoms with van der Waals surface area (Å²) < 4.78 is 0. The van der Waals surface area contributed by atoms with Gasteiger partial charge in [-0.1, -0.05) is 13.0 Å². The first-order valence-electron chi connectivity index (χ1n) is 6.85. The summed E-state index contributed by atoms with van der Waals surface area (Å²) in [5.41, 5.74) is 17.9. The van der Waals surface area contributed by atoms with Gasteiger partial charge in [-0.05, 0) is 67.9 Å². The van der Waals surface area contributed by atoms with Crippen molar-refractivity contribution in [2.75, 3.05) is 0 Å². The smallest absolute Gasteiger partial charge is 0.217 e. The van der Waals surface area contributed by atoms with Crippen LogP contribution in [0.25, 0.3) is 0 Å². The molecule has 1 aromatic rings. The first kappa shape index (κ1) is 15.7. The molecule has 0 spiro atoms. The molecule has 0 aliphatic carbocycles. The van der Waals surface area contributed by atoms with Gasteiger partial charge in [-0.2, -0.15) is 0 Å². The molecular weight excluding hydrogens is 236 g/mol. The standard InChI is InChI=1S/C16H26N2O/c1-9(7-15(18)19)6-14(17)16-12(4)10(2)8-11(3)13(16)5/h8-9,14H,6-7,17H2,1-5H3,(H2,18,19). The second-order valence-electron chi connectivity index (χ2n) is 5.79. The van der Waals surface area contributed by atoms with Crippen LogP contribution in [-0.4, -0.2) is 5.91 Å². The summed E-state index contributed by atoms with van der Waals surface area (Å²) in [5.74, 6) is -0.0410. The molecule has 0 heterocycles. The predicted octanol–water partition coefficient (Wildman–Crippen LogP) is 2.82. The number of aryl methyl sites for hydroxylation is 2. The molecule has 3 heteroatoms. The Labute approximate surface area is 116 Å². The van der Waals surface area contributed by atoms with Crippen molar-refractivity contribution in [1.82, 2.24) is 0 Å². The van der Waals surface area contributed by atoms with Crippen LogP contribution in [0.1, 0.15) is 53.6 Å². The summed E-state index contributed by atoms with van der Waals surface area (Å²) in [6, 6.07) is 2.17. The maximum atomic E-state index is 11.0. The first-order valence-corrected chi connectivity index (χ1v) is 6.85. The second kappa shape index (κ2) is 6.20. The van der Waals surface area contributed by atoms with Gasteiger partial charge in [0.25, 0.3) is 0 Å². The Balaban J connectivity index is 2.99. The number of hydrogen-bond donors (Lipinski definition) is 2. The van der Waals surface area contributed by atoms with Gasteiger partial charge in [0.15, 0.2) is 0 Å². The van der Waals surface area contributed by atoms with Crippen LogP contribution in [0.5, 0.6) is 0 Å². The van der Waals surface area contributed by atoms with Crippen LogP contribution in [0.3, 0.4) is 0 Å². The molecule has 3 nitrogen and oxygen atoms in total. The molecule has 0 bridgehead atoms. The highest BCUT2D eigenvalue weighted by molar-refractivity contribution is 5.73. The van der Waals surface area contributed by atoms with Crippen LogP contribution >= 0.6 is 0 Å². The van der Waals surface area contributed by atoms with Crippen LogP contribution < -0.4 is 11.5 Å². The fourth-order valence-electron chi connectivity index (χ4n) is 2.78. The Hall–Kier alpha value is -1.35. The zero-order valence-electron chi connectivity index (χ0n) is 12.7. The third-order valence-electron chi connectivity index (χ3n) is 4.00. The highest BCUT2D eigenvalue weighted by Gasteiger charge is 2.18. The molecule has 0 saturated heterocycles. The number of carbonyl (C=O) groups is 1. The van der Waals surface area contributed by atoms with Crippen LogP contribution in [0.4, 0.5) is 0 Å². The maximum Gasteiger partial charge on any atom is 0.217 e. The van der Waals surface area contributed by atoms with E-state index < -0.39 is 0 Å². The summed E-state index contributed by atoms with van der Waals surface area (Å²) >= 11 is 0. The Bertz CT molecular complexity index is 454. The van der Waals surface area contributed by atoms with Gasteiger partial charge in [-0.25, -0.2) is 0 Å². The average Bonchev–Trinajstić information content (AvgIpc) is 2.25. The molecule has 0 radical (unpaired) electrons. The van der Waals surface area contributed by atoms with E-state index in [2.05, 4.69) is 33.8 Å². The summed E-state index contributed by atoms with van der Waals surface area (Å²) in [5, 5.41) is 0. The molecule has 1 aromatic carbocycles. The monoisotopic (exact) mass is 262 g/mol. The zero-order valence-corrected chi connectivity index (χ0v) is 12.7. The van der Waals surface area contributed by atoms with Crippen molar-refractivity contribution in [3.63, 3.8) is 0 Å². The summed E-state index contributed by atoms with van der Waals surface area (Å²) in [6.45, 7) is 10.5. The third-order valence-corrected chi connectivity index (χ3v) is 4.00. The minimum Gasteiger partial charge on any atom is -0.370 e. The number of nitrogens with two attached hydrogens (primary N) is 2. The van der Waals surface area contributed by atoms with E-state index in [0.717, 1.165) is 6.42 Å². The minimum atomic E-state index is -0.256. The average molecular weight is 262 g/mol. The molecule has 1 amide bonds. The van der Waals surface area contributed by atoms with Gasteiger partial charge < -0.3 is 11.5 Å². The number of hydrogen-bond acceptors (Lipinski definition) is 2. The van der Waals surface area contributed by atoms with E-state index in [1.54, 1.807) is 0 Å². The fourth-order valence-corrected chi connectivity index (χ4v) is 2.78. The van der Waals surface area contributed by atoms with E-state index in [1.807, 2.05) is 6.92 Å². The van der Waals surface area contributed by atoms with E-state index >= 15 is 0 Å². The number of rotatable bonds is 5. The normalized spacial score (nSPS) is 14.2. The van der Waals surface area contributed by atoms with Gasteiger partial charge >= 0.3 is 0 Å². The highest BCUT2D eigenvalue weighted by atomic mass is 16.1. The lowest BCUT2D eigenvalue weighted by Gasteiger charge is -2.23. The van der Waals surface area contributed by atoms with Crippen molar-refractivity contribution < 1.29 is 4.79 Å². The Morgan fingerprint density at radius 1 is 1.16 bits per heavy atom. The lowest BCUT2D eigenvalue weighted by molar-refractivity contribution is -0.118. The van der Waals surface area contributed by atoms with Crippen molar-refractivity contribution in [1.29, 1.82) is 0 Å². The molecular formula is C16H26N2O. The fraction of sp³-hybridized carbons (Fsp3) is 0.562. The van der Waals surface area contributed by atoms with Crippen molar-refractivity contribution in [2.45, 2.75) is 53.5 Å². The lowest BCUT2D eigenvalue weighted by Crippen LogP contribution is -2.21. The Morgan fingerprint density at radius 2 is 1.63 bits per heavy atom. The molecule has 0 aliphatic heterocycles. The minimum absolute atomic E-state index is 0.0343. The van der Waals surface area contributed by atoms with E-state index in [-0.39, 0.29) is 17.9 Å². The molecule has 19 heavy (non-hydrogen) atoms. The quantitative estimate of drug-likeness (QED) is 0.856. The van der Waals surface area contributed by atoms with E-state index in [0.29, 0.717) is 6.42 Å². The molecule has 2 unspecified atom stereocenters. The van der Waals surface area contributed by atoms with Crippen molar-refractivity contribution in [3.05, 3.63) is 33.9 Å². The maximum absolute atomic E-state index is 11.0. The molecule has 1 rings (SSSR count). The molecule has 0 aromatic heterocycles. The Morgan fingerprint density at radius 3 is 2.05 bits per heavy atom. The summed E-state index contributed by atoms with van der Waals surface area (Å²) in [6.07, 6.45) is 1.18. The van der Waals surface area contributed by atoms with Gasteiger partial charge in [0.1, 0.15) is 0 Å². The lowest BCUT2D eigenvalue weighted by atomic mass is 9.86. The van der Waals surface area contributed by atoms with E-state index in [1.165, 1.54) is 27.8 Å². The molecule has 2 atom stereocenters. The van der Waals surface area contributed by atoms with Gasteiger partial charge in [0, 0.05) is 12.5 Å². The number of benzene rings is 1. The second-order valence-corrected chi connectivity index (χ2v) is 5.79. The largest absolute Gasteiger partial charge is 0.370 e. The predicted molar refractivity (Wildman–Crippen MR) is 79.9 cm³/mol. The van der Waals surface area contributed by atoms with Gasteiger partial charge in [-0.3, -0.25) is 4.79 Å². The molecule has 4 N–H and O–H groups in total. The molecule has 0 aliphatic rings. The molecule has 0 fully saturated rings. The Kier molecular flexibility index (Phi) is 5.12. The summed E-state index contributed by atoms with van der Waals surface area (Å²) in [4.78, 5) is 11.0. The molecule has 0 saturated carbocycles. The van der Waals surface area contributed by atoms with Gasteiger partial charge in [-0.15, -0.1) is 0 Å². The van der Waals surface area contributed by atoms with E-state index in [4.69, 9.17) is 11.5 Å². The zero-order chi connectivity index (χ0) is 14.7. The number of primary amides is 1. The third kappa shape index (κ3) is 3.80. The molecule has 106 valence electrons. The number of amides is 1. The van der Waals surface area contributed by atoms with Crippen LogP contribution in [-0.2, 0) is 4.79 Å². The first-order chi connectivity index (χ1) is 8.73. The topological polar surface area (TPSA) is 69.1 Å². The van der Waals surface area contributed by atoms with Gasteiger partial charge in [0.05, 0.1) is 0 Å². The van der Waals surface area contributed by atoms with Crippen LogP contribution in [0.15, 0.2) is 6.07 Å². The van der Waals surface area contributed by atoms with Crippen LogP contribution in [0, 0.1) is 33.6 Å². The summed E-state index contributed by atoms with van der Waals surface area (Å²) in [7, 11) is 0. The van der Waals surface area contributed by atoms with Crippen molar-refractivity contribution in [2.24, 2.45) is 17.4 Å². The SMILES string of the molecule is Cc1cc(C)c(C)c(C(N)CC(C)CC(N)=O)c1C.